The predicted octanol–water partition coefficient (Wildman–Crippen LogP) is 3.08. The summed E-state index contributed by atoms with van der Waals surface area (Å²) in [6, 6.07) is 3.14. The molecule has 11 heavy (non-hydrogen) atoms. The van der Waals surface area contributed by atoms with Crippen LogP contribution in [0.5, 0.6) is 0 Å². The molecule has 0 saturated heterocycles. The molecule has 0 heterocycles. The largest absolute Gasteiger partial charge is 0.0651 e. The van der Waals surface area contributed by atoms with Crippen molar-refractivity contribution < 1.29 is 0 Å². The summed E-state index contributed by atoms with van der Waals surface area (Å²) in [4.78, 5) is 0. The monoisotopic (exact) mass is 172 g/mol. The molecule has 0 aromatic heterocycles. The van der Waals surface area contributed by atoms with E-state index in [1.54, 1.807) is 12.1 Å². The summed E-state index contributed by atoms with van der Waals surface area (Å²) in [5, 5.41) is 0. The lowest BCUT2D eigenvalue weighted by molar-refractivity contribution is 0.599. The zero-order valence-corrected chi connectivity index (χ0v) is 10.1. The Morgan fingerprint density at radius 2 is 1.27 bits per heavy atom. The van der Waals surface area contributed by atoms with Gasteiger partial charge in [-0.25, -0.2) is 0 Å². The molecule has 0 aliphatic rings. The van der Waals surface area contributed by atoms with Gasteiger partial charge < -0.3 is 0 Å². The molecule has 0 radical (unpaired) electrons. The molecule has 68 valence electrons. The minimum Gasteiger partial charge on any atom is -0.0651 e. The molecule has 0 spiro atoms. The molecule has 0 saturated carbocycles. The van der Waals surface area contributed by atoms with Gasteiger partial charge in [0.05, 0.1) is 0 Å². The van der Waals surface area contributed by atoms with Gasteiger partial charge in [0.25, 0.3) is 0 Å². The van der Waals surface area contributed by atoms with Crippen LogP contribution >= 0.6 is 0 Å². The smallest absolute Gasteiger partial charge is 0.0203 e. The molecule has 1 unspecified atom stereocenters. The van der Waals surface area contributed by atoms with Crippen molar-refractivity contribution in [1.29, 1.82) is 0 Å². The SMILES string of the molecule is CCC(C)C[SiH2]C[C@@H](C)CC. The van der Waals surface area contributed by atoms with Gasteiger partial charge in [0.1, 0.15) is 0 Å². The van der Waals surface area contributed by atoms with Gasteiger partial charge in [0.2, 0.25) is 0 Å². The van der Waals surface area contributed by atoms with E-state index in [2.05, 4.69) is 27.7 Å². The Morgan fingerprint density at radius 1 is 0.909 bits per heavy atom. The highest BCUT2D eigenvalue weighted by Crippen LogP contribution is 2.12. The Labute approximate surface area is 74.6 Å². The topological polar surface area (TPSA) is 0 Å². The zero-order chi connectivity index (χ0) is 8.69. The van der Waals surface area contributed by atoms with Crippen LogP contribution in [0.2, 0.25) is 12.1 Å². The van der Waals surface area contributed by atoms with Gasteiger partial charge in [0.15, 0.2) is 0 Å². The van der Waals surface area contributed by atoms with Gasteiger partial charge >= 0.3 is 0 Å². The van der Waals surface area contributed by atoms with Crippen molar-refractivity contribution in [3.05, 3.63) is 0 Å². The van der Waals surface area contributed by atoms with E-state index in [1.807, 2.05) is 0 Å². The lowest BCUT2D eigenvalue weighted by Gasteiger charge is -2.10. The van der Waals surface area contributed by atoms with Gasteiger partial charge in [0, 0.05) is 9.52 Å². The van der Waals surface area contributed by atoms with Crippen LogP contribution in [0.4, 0.5) is 0 Å². The van der Waals surface area contributed by atoms with Gasteiger partial charge in [-0.05, 0) is 11.8 Å². The van der Waals surface area contributed by atoms with E-state index in [0.29, 0.717) is 9.52 Å². The summed E-state index contributed by atoms with van der Waals surface area (Å²) in [6.45, 7) is 9.40. The summed E-state index contributed by atoms with van der Waals surface area (Å²) >= 11 is 0. The van der Waals surface area contributed by atoms with Gasteiger partial charge in [-0.15, -0.1) is 0 Å². The van der Waals surface area contributed by atoms with Crippen molar-refractivity contribution in [3.63, 3.8) is 0 Å². The molecule has 0 rings (SSSR count). The van der Waals surface area contributed by atoms with E-state index < -0.39 is 0 Å². The van der Waals surface area contributed by atoms with Gasteiger partial charge in [-0.3, -0.25) is 0 Å². The van der Waals surface area contributed by atoms with Crippen molar-refractivity contribution in [2.75, 3.05) is 0 Å². The molecule has 0 aliphatic carbocycles. The van der Waals surface area contributed by atoms with E-state index in [4.69, 9.17) is 0 Å². The van der Waals surface area contributed by atoms with E-state index in [-0.39, 0.29) is 0 Å². The van der Waals surface area contributed by atoms with E-state index in [1.165, 1.54) is 12.8 Å². The molecular formula is C10H24Si. The highest BCUT2D eigenvalue weighted by Gasteiger charge is 2.02. The molecule has 0 aromatic rings. The molecule has 0 N–H and O–H groups in total. The third-order valence-electron chi connectivity index (χ3n) is 2.79. The minimum absolute atomic E-state index is 0.294. The number of hydrogen-bond donors (Lipinski definition) is 0. The highest BCUT2D eigenvalue weighted by atomic mass is 28.2. The van der Waals surface area contributed by atoms with E-state index >= 15 is 0 Å². The second-order valence-corrected chi connectivity index (χ2v) is 5.82. The Balaban J connectivity index is 3.13. The van der Waals surface area contributed by atoms with Crippen LogP contribution in [0.25, 0.3) is 0 Å². The molecule has 0 bridgehead atoms. The molecule has 0 aromatic carbocycles. The van der Waals surface area contributed by atoms with Gasteiger partial charge in [-0.1, -0.05) is 52.6 Å². The summed E-state index contributed by atoms with van der Waals surface area (Å²) in [5.74, 6) is 2.01. The standard InChI is InChI=1S/C10H24Si/c1-5-9(3)7-11-8-10(4)6-2/h9-10H,5-8,11H2,1-4H3/t9-,10?/m0/s1. The van der Waals surface area contributed by atoms with Crippen LogP contribution in [0.3, 0.4) is 0 Å². The fraction of sp³-hybridized carbons (Fsp3) is 1.00. The number of rotatable bonds is 6. The van der Waals surface area contributed by atoms with E-state index in [9.17, 15) is 0 Å². The lowest BCUT2D eigenvalue weighted by atomic mass is 10.1. The first kappa shape index (κ1) is 11.2. The maximum absolute atomic E-state index is 2.39. The predicted molar refractivity (Wildman–Crippen MR) is 57.1 cm³/mol. The van der Waals surface area contributed by atoms with Crippen molar-refractivity contribution >= 4 is 9.52 Å². The fourth-order valence-electron chi connectivity index (χ4n) is 1.22. The van der Waals surface area contributed by atoms with Crippen molar-refractivity contribution in [2.45, 2.75) is 52.6 Å². The molecule has 0 amide bonds. The van der Waals surface area contributed by atoms with Crippen LogP contribution < -0.4 is 0 Å². The average Bonchev–Trinajstić information content (AvgIpc) is 2.04. The Hall–Kier alpha value is 0.217. The second-order valence-electron chi connectivity index (χ2n) is 3.96. The van der Waals surface area contributed by atoms with Crippen LogP contribution in [0.1, 0.15) is 40.5 Å². The third kappa shape index (κ3) is 6.61. The molecule has 0 fully saturated rings. The fourth-order valence-corrected chi connectivity index (χ4v) is 3.67. The Kier molecular flexibility index (Phi) is 7.03. The highest BCUT2D eigenvalue weighted by molar-refractivity contribution is 6.35. The van der Waals surface area contributed by atoms with Crippen LogP contribution in [0.15, 0.2) is 0 Å². The van der Waals surface area contributed by atoms with E-state index in [0.717, 1.165) is 11.8 Å². The Morgan fingerprint density at radius 3 is 1.55 bits per heavy atom. The first-order valence-electron chi connectivity index (χ1n) is 5.20. The Bertz CT molecular complexity index is 70.9. The van der Waals surface area contributed by atoms with Gasteiger partial charge in [-0.2, -0.15) is 0 Å². The van der Waals surface area contributed by atoms with Crippen LogP contribution in [-0.2, 0) is 0 Å². The molecular weight excluding hydrogens is 148 g/mol. The summed E-state index contributed by atoms with van der Waals surface area (Å²) in [6.07, 6.45) is 2.76. The van der Waals surface area contributed by atoms with Crippen molar-refractivity contribution in [2.24, 2.45) is 11.8 Å². The van der Waals surface area contributed by atoms with Crippen molar-refractivity contribution in [1.82, 2.24) is 0 Å². The molecule has 0 aliphatic heterocycles. The lowest BCUT2D eigenvalue weighted by Crippen LogP contribution is -2.02. The summed E-state index contributed by atoms with van der Waals surface area (Å²) in [5.41, 5.74) is 0. The molecule has 2 atom stereocenters. The first-order chi connectivity index (χ1) is 5.20. The third-order valence-corrected chi connectivity index (χ3v) is 5.58. The maximum Gasteiger partial charge on any atom is 0.0203 e. The number of hydrogen-bond acceptors (Lipinski definition) is 0. The minimum atomic E-state index is 0.294. The second kappa shape index (κ2) is 6.90. The average molecular weight is 172 g/mol. The zero-order valence-electron chi connectivity index (χ0n) is 8.69. The van der Waals surface area contributed by atoms with Crippen LogP contribution in [0, 0.1) is 11.8 Å². The summed E-state index contributed by atoms with van der Waals surface area (Å²) in [7, 11) is 0.294. The summed E-state index contributed by atoms with van der Waals surface area (Å²) < 4.78 is 0. The maximum atomic E-state index is 2.39. The molecule has 1 heteroatoms. The molecule has 0 nitrogen and oxygen atoms in total. The van der Waals surface area contributed by atoms with Crippen molar-refractivity contribution in [3.8, 4) is 0 Å². The normalized spacial score (nSPS) is 17.5. The quantitative estimate of drug-likeness (QED) is 0.540. The van der Waals surface area contributed by atoms with Crippen LogP contribution in [-0.4, -0.2) is 9.52 Å². The first-order valence-corrected chi connectivity index (χ1v) is 7.20.